The van der Waals surface area contributed by atoms with E-state index in [9.17, 15) is 4.79 Å². The second kappa shape index (κ2) is 9.43. The Labute approximate surface area is 215 Å². The summed E-state index contributed by atoms with van der Waals surface area (Å²) in [5.74, 6) is -0.262. The van der Waals surface area contributed by atoms with Gasteiger partial charge in [-0.05, 0) is 65.9 Å². The highest BCUT2D eigenvalue weighted by atomic mass is 16.1. The van der Waals surface area contributed by atoms with Crippen molar-refractivity contribution in [1.29, 1.82) is 0 Å². The average Bonchev–Trinajstić information content (AvgIpc) is 3.53. The summed E-state index contributed by atoms with van der Waals surface area (Å²) in [6, 6.07) is 21.9. The van der Waals surface area contributed by atoms with Gasteiger partial charge in [0, 0.05) is 55.2 Å². The molecule has 0 radical (unpaired) electrons. The van der Waals surface area contributed by atoms with E-state index in [1.807, 2.05) is 69.0 Å². The molecule has 7 nitrogen and oxygen atoms in total. The number of hydrogen-bond acceptors (Lipinski definition) is 4. The normalized spacial score (nSPS) is 12.8. The van der Waals surface area contributed by atoms with Gasteiger partial charge in [0.15, 0.2) is 0 Å². The molecule has 0 unspecified atom stereocenters. The number of amides is 1. The van der Waals surface area contributed by atoms with Gasteiger partial charge >= 0.3 is 0 Å². The molecule has 0 N–H and O–H groups in total. The highest BCUT2D eigenvalue weighted by molar-refractivity contribution is 6.01. The third kappa shape index (κ3) is 4.29. The lowest BCUT2D eigenvalue weighted by molar-refractivity contribution is 0.100. The van der Waals surface area contributed by atoms with E-state index in [0.29, 0.717) is 5.56 Å². The van der Waals surface area contributed by atoms with Crippen LogP contribution in [-0.2, 0) is 13.0 Å². The van der Waals surface area contributed by atoms with Crippen molar-refractivity contribution in [2.24, 2.45) is 4.99 Å². The maximum Gasteiger partial charge on any atom is 0.278 e. The highest BCUT2D eigenvalue weighted by Crippen LogP contribution is 2.40. The summed E-state index contributed by atoms with van der Waals surface area (Å²) in [6.07, 6.45) is 7.30. The molecule has 0 fully saturated rings. The summed E-state index contributed by atoms with van der Waals surface area (Å²) in [5, 5.41) is 6.03. The number of aliphatic imine (C=N–C) groups is 1. The van der Waals surface area contributed by atoms with Gasteiger partial charge in [-0.15, -0.1) is 0 Å². The fourth-order valence-corrected chi connectivity index (χ4v) is 4.89. The van der Waals surface area contributed by atoms with Crippen LogP contribution in [0.5, 0.6) is 0 Å². The molecule has 0 bridgehead atoms. The molecule has 0 aliphatic carbocycles. The standard InChI is InChI=1S/C30H26N6O/c1-35(2)19-33-30(37)21-10-8-20(9-11-21)22-12-13-23-24(14-16-32-26(23)18-22)28-27-7-5-17-36(27)34-29(28)25-6-3-4-15-31-25/h3-4,6,8-16,18-19H,5,7,17H2,1-2H3/b33-19+. The van der Waals surface area contributed by atoms with Gasteiger partial charge in [0.2, 0.25) is 0 Å². The van der Waals surface area contributed by atoms with E-state index in [0.717, 1.165) is 63.9 Å². The minimum absolute atomic E-state index is 0.262. The first-order valence-electron chi connectivity index (χ1n) is 12.3. The lowest BCUT2D eigenvalue weighted by atomic mass is 9.95. The molecule has 0 atom stereocenters. The van der Waals surface area contributed by atoms with E-state index in [1.54, 1.807) is 4.90 Å². The monoisotopic (exact) mass is 486 g/mol. The van der Waals surface area contributed by atoms with Crippen LogP contribution in [0.3, 0.4) is 0 Å². The van der Waals surface area contributed by atoms with E-state index in [2.05, 4.69) is 38.9 Å². The van der Waals surface area contributed by atoms with Gasteiger partial charge < -0.3 is 4.90 Å². The predicted molar refractivity (Wildman–Crippen MR) is 146 cm³/mol. The Morgan fingerprint density at radius 2 is 1.81 bits per heavy atom. The van der Waals surface area contributed by atoms with Gasteiger partial charge in [-0.2, -0.15) is 10.1 Å². The molecular formula is C30H26N6O. The molecule has 37 heavy (non-hydrogen) atoms. The molecule has 0 saturated heterocycles. The fourth-order valence-electron chi connectivity index (χ4n) is 4.89. The molecule has 3 aromatic heterocycles. The van der Waals surface area contributed by atoms with Gasteiger partial charge in [0.25, 0.3) is 5.91 Å². The molecule has 1 aliphatic rings. The van der Waals surface area contributed by atoms with Crippen molar-refractivity contribution in [3.05, 3.63) is 90.4 Å². The second-order valence-electron chi connectivity index (χ2n) is 9.39. The van der Waals surface area contributed by atoms with E-state index in [-0.39, 0.29) is 5.91 Å². The van der Waals surface area contributed by atoms with Crippen LogP contribution >= 0.6 is 0 Å². The Morgan fingerprint density at radius 1 is 0.973 bits per heavy atom. The lowest BCUT2D eigenvalue weighted by Crippen LogP contribution is -2.09. The summed E-state index contributed by atoms with van der Waals surface area (Å²) < 4.78 is 2.13. The maximum absolute atomic E-state index is 12.3. The van der Waals surface area contributed by atoms with Gasteiger partial charge in [-0.25, -0.2) is 0 Å². The third-order valence-corrected chi connectivity index (χ3v) is 6.63. The number of hydrogen-bond donors (Lipinski definition) is 0. The van der Waals surface area contributed by atoms with Crippen LogP contribution in [0.4, 0.5) is 0 Å². The summed E-state index contributed by atoms with van der Waals surface area (Å²) in [7, 11) is 3.66. The summed E-state index contributed by atoms with van der Waals surface area (Å²) in [5.41, 5.74) is 8.86. The number of rotatable bonds is 5. The van der Waals surface area contributed by atoms with Gasteiger partial charge in [0.05, 0.1) is 17.5 Å². The van der Waals surface area contributed by atoms with Crippen LogP contribution in [0.15, 0.2) is 84.1 Å². The fraction of sp³-hybridized carbons (Fsp3) is 0.167. The quantitative estimate of drug-likeness (QED) is 0.242. The van der Waals surface area contributed by atoms with Crippen molar-refractivity contribution in [3.63, 3.8) is 0 Å². The minimum Gasteiger partial charge on any atom is -0.369 e. The van der Waals surface area contributed by atoms with Crippen LogP contribution in [0.2, 0.25) is 0 Å². The Morgan fingerprint density at radius 3 is 2.59 bits per heavy atom. The highest BCUT2D eigenvalue weighted by Gasteiger charge is 2.25. The molecule has 5 aromatic rings. The summed E-state index contributed by atoms with van der Waals surface area (Å²) in [4.78, 5) is 27.3. The Bertz CT molecular complexity index is 1630. The maximum atomic E-state index is 12.3. The first-order chi connectivity index (χ1) is 18.1. The number of carbonyl (C=O) groups excluding carboxylic acids is 1. The number of aromatic nitrogens is 4. The molecule has 0 saturated carbocycles. The zero-order valence-electron chi connectivity index (χ0n) is 20.8. The van der Waals surface area contributed by atoms with Gasteiger partial charge in [-0.3, -0.25) is 19.4 Å². The summed E-state index contributed by atoms with van der Waals surface area (Å²) in [6.45, 7) is 0.932. The third-order valence-electron chi connectivity index (χ3n) is 6.63. The first-order valence-corrected chi connectivity index (χ1v) is 12.3. The number of benzene rings is 2. The molecule has 7 heteroatoms. The van der Waals surface area contributed by atoms with E-state index >= 15 is 0 Å². The summed E-state index contributed by atoms with van der Waals surface area (Å²) >= 11 is 0. The average molecular weight is 487 g/mol. The van der Waals surface area contributed by atoms with Crippen LogP contribution < -0.4 is 0 Å². The van der Waals surface area contributed by atoms with Crippen LogP contribution in [-0.4, -0.2) is 51.0 Å². The van der Waals surface area contributed by atoms with Crippen LogP contribution in [0.1, 0.15) is 22.5 Å². The van der Waals surface area contributed by atoms with Crippen LogP contribution in [0, 0.1) is 0 Å². The topological polar surface area (TPSA) is 76.3 Å². The Hall–Kier alpha value is -4.65. The molecule has 2 aromatic carbocycles. The van der Waals surface area contributed by atoms with E-state index < -0.39 is 0 Å². The predicted octanol–water partition coefficient (Wildman–Crippen LogP) is 5.50. The van der Waals surface area contributed by atoms with Crippen molar-refractivity contribution in [2.75, 3.05) is 14.1 Å². The smallest absolute Gasteiger partial charge is 0.278 e. The zero-order valence-corrected chi connectivity index (χ0v) is 20.8. The van der Waals surface area contributed by atoms with Gasteiger partial charge in [0.1, 0.15) is 5.69 Å². The molecule has 1 aliphatic heterocycles. The van der Waals surface area contributed by atoms with Crippen molar-refractivity contribution >= 4 is 23.1 Å². The number of fused-ring (bicyclic) bond motifs is 2. The molecular weight excluding hydrogens is 460 g/mol. The lowest BCUT2D eigenvalue weighted by Gasteiger charge is -2.10. The molecule has 1 amide bonds. The largest absolute Gasteiger partial charge is 0.369 e. The van der Waals surface area contributed by atoms with Crippen LogP contribution in [0.25, 0.3) is 44.5 Å². The second-order valence-corrected chi connectivity index (χ2v) is 9.39. The Balaban J connectivity index is 1.40. The Kier molecular flexibility index (Phi) is 5.81. The SMILES string of the molecule is CN(C)/C=N/C(=O)c1ccc(-c2ccc3c(-c4c(-c5ccccn5)nn5c4CCC5)ccnc3c2)cc1. The molecule has 0 spiro atoms. The molecule has 182 valence electrons. The van der Waals surface area contributed by atoms with E-state index in [1.165, 1.54) is 12.0 Å². The van der Waals surface area contributed by atoms with Gasteiger partial charge in [-0.1, -0.05) is 30.3 Å². The minimum atomic E-state index is -0.262. The van der Waals surface area contributed by atoms with Crippen molar-refractivity contribution in [2.45, 2.75) is 19.4 Å². The first kappa shape index (κ1) is 22.8. The van der Waals surface area contributed by atoms with Crippen molar-refractivity contribution in [3.8, 4) is 33.6 Å². The number of carbonyl (C=O) groups is 1. The number of nitrogens with zero attached hydrogens (tertiary/aromatic N) is 6. The number of pyridine rings is 2. The number of aryl methyl sites for hydroxylation is 1. The van der Waals surface area contributed by atoms with Crippen molar-refractivity contribution < 1.29 is 4.79 Å². The zero-order chi connectivity index (χ0) is 25.4. The molecule has 6 rings (SSSR count). The van der Waals surface area contributed by atoms with E-state index in [4.69, 9.17) is 10.1 Å². The van der Waals surface area contributed by atoms with Crippen molar-refractivity contribution in [1.82, 2.24) is 24.6 Å². The molecule has 4 heterocycles.